The standard InChI is InChI=1S/C14H21ClN4O/c1-10(2)14-16-11(3)8-12(17-14)18-4-6-19(7-5-18)13(20)9-15/h8,10H,4-7,9H2,1-3H3. The van der Waals surface area contributed by atoms with Crippen LogP contribution in [0.1, 0.15) is 31.3 Å². The van der Waals surface area contributed by atoms with Crippen molar-refractivity contribution in [3.8, 4) is 0 Å². The summed E-state index contributed by atoms with van der Waals surface area (Å²) >= 11 is 5.59. The number of anilines is 1. The fraction of sp³-hybridized carbons (Fsp3) is 0.643. The molecule has 1 aromatic heterocycles. The van der Waals surface area contributed by atoms with Gasteiger partial charge >= 0.3 is 0 Å². The number of rotatable bonds is 3. The second kappa shape index (κ2) is 6.39. The maximum absolute atomic E-state index is 11.6. The Labute approximate surface area is 124 Å². The SMILES string of the molecule is Cc1cc(N2CCN(C(=O)CCl)CC2)nc(C(C)C)n1. The van der Waals surface area contributed by atoms with E-state index < -0.39 is 0 Å². The van der Waals surface area contributed by atoms with Gasteiger partial charge in [-0.2, -0.15) is 0 Å². The molecule has 0 bridgehead atoms. The minimum atomic E-state index is 0.00746. The maximum atomic E-state index is 11.6. The molecule has 0 aromatic carbocycles. The highest BCUT2D eigenvalue weighted by atomic mass is 35.5. The van der Waals surface area contributed by atoms with Crippen molar-refractivity contribution in [2.24, 2.45) is 0 Å². The van der Waals surface area contributed by atoms with Crippen molar-refractivity contribution in [3.05, 3.63) is 17.6 Å². The third-order valence-corrected chi connectivity index (χ3v) is 3.67. The van der Waals surface area contributed by atoms with Crippen molar-refractivity contribution in [1.82, 2.24) is 14.9 Å². The zero-order valence-electron chi connectivity index (χ0n) is 12.3. The topological polar surface area (TPSA) is 49.3 Å². The Kier molecular flexibility index (Phi) is 4.81. The van der Waals surface area contributed by atoms with E-state index in [1.54, 1.807) is 4.90 Å². The minimum absolute atomic E-state index is 0.00746. The molecule has 1 amide bonds. The Bertz CT molecular complexity index is 484. The monoisotopic (exact) mass is 296 g/mol. The number of hydrogen-bond acceptors (Lipinski definition) is 4. The molecule has 1 fully saturated rings. The van der Waals surface area contributed by atoms with Crippen LogP contribution in [0.15, 0.2) is 6.07 Å². The molecule has 0 N–H and O–H groups in total. The van der Waals surface area contributed by atoms with Gasteiger partial charge in [-0.25, -0.2) is 9.97 Å². The summed E-state index contributed by atoms with van der Waals surface area (Å²) in [6, 6.07) is 2.00. The average Bonchev–Trinajstić information content (AvgIpc) is 2.46. The number of halogens is 1. The first kappa shape index (κ1) is 15.0. The molecule has 5 nitrogen and oxygen atoms in total. The molecule has 0 spiro atoms. The third-order valence-electron chi connectivity index (χ3n) is 3.45. The number of hydrogen-bond donors (Lipinski definition) is 0. The van der Waals surface area contributed by atoms with Crippen LogP contribution in [-0.2, 0) is 4.79 Å². The van der Waals surface area contributed by atoms with Crippen molar-refractivity contribution >= 4 is 23.3 Å². The highest BCUT2D eigenvalue weighted by molar-refractivity contribution is 6.27. The first-order chi connectivity index (χ1) is 9.51. The van der Waals surface area contributed by atoms with E-state index in [1.807, 2.05) is 13.0 Å². The van der Waals surface area contributed by atoms with Gasteiger partial charge in [-0.05, 0) is 6.92 Å². The van der Waals surface area contributed by atoms with Crippen LogP contribution in [-0.4, -0.2) is 52.8 Å². The maximum Gasteiger partial charge on any atom is 0.237 e. The van der Waals surface area contributed by atoms with E-state index in [0.29, 0.717) is 19.0 Å². The van der Waals surface area contributed by atoms with Crippen LogP contribution in [0.25, 0.3) is 0 Å². The lowest BCUT2D eigenvalue weighted by atomic mass is 10.2. The molecule has 20 heavy (non-hydrogen) atoms. The largest absolute Gasteiger partial charge is 0.353 e. The smallest absolute Gasteiger partial charge is 0.237 e. The number of amides is 1. The van der Waals surface area contributed by atoms with E-state index in [9.17, 15) is 4.79 Å². The molecular formula is C14H21ClN4O. The van der Waals surface area contributed by atoms with Gasteiger partial charge in [0.25, 0.3) is 0 Å². The fourth-order valence-corrected chi connectivity index (χ4v) is 2.43. The quantitative estimate of drug-likeness (QED) is 0.798. The van der Waals surface area contributed by atoms with E-state index in [1.165, 1.54) is 0 Å². The lowest BCUT2D eigenvalue weighted by molar-refractivity contribution is -0.128. The van der Waals surface area contributed by atoms with Gasteiger partial charge in [0.2, 0.25) is 5.91 Å². The lowest BCUT2D eigenvalue weighted by Crippen LogP contribution is -2.49. The van der Waals surface area contributed by atoms with Crippen LogP contribution in [0.5, 0.6) is 0 Å². The van der Waals surface area contributed by atoms with E-state index >= 15 is 0 Å². The summed E-state index contributed by atoms with van der Waals surface area (Å²) in [4.78, 5) is 24.7. The molecule has 1 aromatic rings. The first-order valence-electron chi connectivity index (χ1n) is 6.95. The highest BCUT2D eigenvalue weighted by Gasteiger charge is 2.22. The molecule has 0 radical (unpaired) electrons. The Morgan fingerprint density at radius 2 is 1.95 bits per heavy atom. The molecule has 2 heterocycles. The molecule has 2 rings (SSSR count). The Morgan fingerprint density at radius 1 is 1.30 bits per heavy atom. The van der Waals surface area contributed by atoms with E-state index in [4.69, 9.17) is 11.6 Å². The van der Waals surface area contributed by atoms with Gasteiger partial charge in [-0.3, -0.25) is 4.79 Å². The van der Waals surface area contributed by atoms with Crippen LogP contribution in [0, 0.1) is 6.92 Å². The summed E-state index contributed by atoms with van der Waals surface area (Å²) in [5.41, 5.74) is 0.984. The zero-order chi connectivity index (χ0) is 14.7. The summed E-state index contributed by atoms with van der Waals surface area (Å²) in [7, 11) is 0. The molecule has 0 aliphatic carbocycles. The highest BCUT2D eigenvalue weighted by Crippen LogP contribution is 2.18. The summed E-state index contributed by atoms with van der Waals surface area (Å²) in [5.74, 6) is 2.21. The molecular weight excluding hydrogens is 276 g/mol. The first-order valence-corrected chi connectivity index (χ1v) is 7.49. The van der Waals surface area contributed by atoms with Gasteiger partial charge < -0.3 is 9.80 Å². The van der Waals surface area contributed by atoms with Gasteiger partial charge in [0.05, 0.1) is 0 Å². The van der Waals surface area contributed by atoms with Crippen LogP contribution < -0.4 is 4.90 Å². The number of aryl methyl sites for hydroxylation is 1. The number of aromatic nitrogens is 2. The normalized spacial score (nSPS) is 15.8. The van der Waals surface area contributed by atoms with Crippen molar-refractivity contribution in [1.29, 1.82) is 0 Å². The Morgan fingerprint density at radius 3 is 2.50 bits per heavy atom. The van der Waals surface area contributed by atoms with Crippen molar-refractivity contribution < 1.29 is 4.79 Å². The Balaban J connectivity index is 2.09. The summed E-state index contributed by atoms with van der Waals surface area (Å²) < 4.78 is 0. The van der Waals surface area contributed by atoms with Crippen LogP contribution >= 0.6 is 11.6 Å². The number of carbonyl (C=O) groups excluding carboxylic acids is 1. The van der Waals surface area contributed by atoms with Crippen LogP contribution in [0.2, 0.25) is 0 Å². The van der Waals surface area contributed by atoms with E-state index in [-0.39, 0.29) is 11.8 Å². The molecule has 1 aliphatic rings. The van der Waals surface area contributed by atoms with Gasteiger partial charge in [-0.1, -0.05) is 13.8 Å². The number of carbonyl (C=O) groups is 1. The molecule has 0 unspecified atom stereocenters. The fourth-order valence-electron chi connectivity index (χ4n) is 2.26. The van der Waals surface area contributed by atoms with Gasteiger partial charge in [0.1, 0.15) is 17.5 Å². The second-order valence-electron chi connectivity index (χ2n) is 5.38. The minimum Gasteiger partial charge on any atom is -0.353 e. The van der Waals surface area contributed by atoms with Gasteiger partial charge in [-0.15, -0.1) is 11.6 Å². The van der Waals surface area contributed by atoms with Crippen LogP contribution in [0.4, 0.5) is 5.82 Å². The van der Waals surface area contributed by atoms with Crippen molar-refractivity contribution in [2.75, 3.05) is 37.0 Å². The van der Waals surface area contributed by atoms with Crippen molar-refractivity contribution in [2.45, 2.75) is 26.7 Å². The zero-order valence-corrected chi connectivity index (χ0v) is 13.0. The molecule has 110 valence electrons. The molecule has 1 aliphatic heterocycles. The lowest BCUT2D eigenvalue weighted by Gasteiger charge is -2.35. The number of nitrogens with zero attached hydrogens (tertiary/aromatic N) is 4. The number of alkyl halides is 1. The summed E-state index contributed by atoms with van der Waals surface area (Å²) in [6.07, 6.45) is 0. The van der Waals surface area contributed by atoms with Gasteiger partial charge in [0.15, 0.2) is 0 Å². The summed E-state index contributed by atoms with van der Waals surface area (Å²) in [5, 5.41) is 0. The van der Waals surface area contributed by atoms with Gasteiger partial charge in [0, 0.05) is 43.9 Å². The molecule has 0 saturated carbocycles. The van der Waals surface area contributed by atoms with E-state index in [0.717, 1.165) is 30.4 Å². The molecule has 0 atom stereocenters. The predicted molar refractivity (Wildman–Crippen MR) is 80.4 cm³/mol. The Hall–Kier alpha value is -1.36. The average molecular weight is 297 g/mol. The van der Waals surface area contributed by atoms with Crippen LogP contribution in [0.3, 0.4) is 0 Å². The third kappa shape index (κ3) is 3.39. The van der Waals surface area contributed by atoms with Crippen molar-refractivity contribution in [3.63, 3.8) is 0 Å². The molecule has 6 heteroatoms. The second-order valence-corrected chi connectivity index (χ2v) is 5.65. The molecule has 1 saturated heterocycles. The summed E-state index contributed by atoms with van der Waals surface area (Å²) in [6.45, 7) is 9.15. The number of piperazine rings is 1. The predicted octanol–water partition coefficient (Wildman–Crippen LogP) is 1.80. The van der Waals surface area contributed by atoms with E-state index in [2.05, 4.69) is 28.7 Å².